The Kier molecular flexibility index (Phi) is 6.12. The van der Waals surface area contributed by atoms with Crippen LogP contribution >= 0.6 is 0 Å². The van der Waals surface area contributed by atoms with Crippen LogP contribution in [0.4, 0.5) is 4.39 Å². The minimum absolute atomic E-state index is 0.00979. The summed E-state index contributed by atoms with van der Waals surface area (Å²) in [7, 11) is 0. The van der Waals surface area contributed by atoms with Crippen LogP contribution in [0.15, 0.2) is 60.8 Å². The van der Waals surface area contributed by atoms with E-state index < -0.39 is 0 Å². The molecule has 1 aliphatic carbocycles. The Labute approximate surface area is 177 Å². The van der Waals surface area contributed by atoms with Crippen molar-refractivity contribution in [3.8, 4) is 0 Å². The smallest absolute Gasteiger partial charge is 0.223 e. The Morgan fingerprint density at radius 1 is 1.03 bits per heavy atom. The molecule has 4 rings (SSSR count). The van der Waals surface area contributed by atoms with Crippen LogP contribution in [0.5, 0.6) is 0 Å². The zero-order valence-electron chi connectivity index (χ0n) is 17.6. The summed E-state index contributed by atoms with van der Waals surface area (Å²) < 4.78 is 13.8. The van der Waals surface area contributed by atoms with Gasteiger partial charge >= 0.3 is 0 Å². The van der Waals surface area contributed by atoms with Crippen LogP contribution < -0.4 is 5.32 Å². The number of rotatable bonds is 5. The van der Waals surface area contributed by atoms with E-state index in [9.17, 15) is 9.18 Å². The van der Waals surface area contributed by atoms with E-state index in [0.29, 0.717) is 11.8 Å². The number of carbonyl (C=O) groups is 1. The highest BCUT2D eigenvalue weighted by molar-refractivity contribution is 5.82. The first-order valence-corrected chi connectivity index (χ1v) is 10.9. The van der Waals surface area contributed by atoms with Gasteiger partial charge in [-0.1, -0.05) is 37.3 Å². The quantitative estimate of drug-likeness (QED) is 0.553. The van der Waals surface area contributed by atoms with Crippen molar-refractivity contribution < 1.29 is 9.18 Å². The first-order valence-electron chi connectivity index (χ1n) is 10.9. The maximum absolute atomic E-state index is 13.8. The number of nitrogens with zero attached hydrogens (tertiary/aromatic N) is 1. The largest absolute Gasteiger partial charge is 0.349 e. The van der Waals surface area contributed by atoms with Crippen LogP contribution in [-0.4, -0.2) is 10.9 Å². The predicted molar refractivity (Wildman–Crippen MR) is 119 cm³/mol. The molecule has 3 aromatic rings. The molecule has 1 heterocycles. The summed E-state index contributed by atoms with van der Waals surface area (Å²) in [5, 5.41) is 4.10. The van der Waals surface area contributed by atoms with Crippen molar-refractivity contribution in [2.45, 2.75) is 51.5 Å². The summed E-state index contributed by atoms with van der Waals surface area (Å²) in [6.45, 7) is 4.08. The topological polar surface area (TPSA) is 42.0 Å². The van der Waals surface area contributed by atoms with Gasteiger partial charge in [0.2, 0.25) is 5.91 Å². The van der Waals surface area contributed by atoms with Crippen molar-refractivity contribution in [3.63, 3.8) is 0 Å². The number of halogens is 1. The predicted octanol–water partition coefficient (Wildman–Crippen LogP) is 6.16. The van der Waals surface area contributed by atoms with Gasteiger partial charge in [-0.15, -0.1) is 0 Å². The summed E-state index contributed by atoms with van der Waals surface area (Å²) in [5.74, 6) is 0.680. The number of carbonyl (C=O) groups excluding carboxylic acids is 1. The summed E-state index contributed by atoms with van der Waals surface area (Å²) in [6, 6.07) is 16.9. The molecule has 2 atom stereocenters. The van der Waals surface area contributed by atoms with E-state index in [-0.39, 0.29) is 23.7 Å². The molecule has 0 spiro atoms. The molecule has 0 bridgehead atoms. The van der Waals surface area contributed by atoms with Crippen molar-refractivity contribution >= 4 is 16.8 Å². The van der Waals surface area contributed by atoms with E-state index in [1.165, 1.54) is 11.6 Å². The van der Waals surface area contributed by atoms with Crippen LogP contribution in [0.25, 0.3) is 10.9 Å². The lowest BCUT2D eigenvalue weighted by atomic mass is 9.73. The van der Waals surface area contributed by atoms with Gasteiger partial charge < -0.3 is 5.32 Å². The van der Waals surface area contributed by atoms with Gasteiger partial charge in [0.05, 0.1) is 11.6 Å². The molecule has 1 fully saturated rings. The van der Waals surface area contributed by atoms with Crippen LogP contribution in [0.1, 0.15) is 62.6 Å². The van der Waals surface area contributed by atoms with Gasteiger partial charge in [0.15, 0.2) is 0 Å². The molecule has 1 aliphatic rings. The minimum atomic E-state index is -0.219. The number of amides is 1. The van der Waals surface area contributed by atoms with Gasteiger partial charge in [0.25, 0.3) is 0 Å². The standard InChI is InChI=1S/C26H29FN2O/c1-17(26(30)29-18(2)20-6-4-3-5-7-20)19-8-10-21(11-9-19)23-14-15-28-25-13-12-22(27)16-24(23)25/h3-7,12-19,21H,8-11H2,1-2H3,(H,29,30). The third kappa shape index (κ3) is 4.38. The lowest BCUT2D eigenvalue weighted by Crippen LogP contribution is -2.36. The molecular weight excluding hydrogens is 375 g/mol. The molecule has 0 saturated heterocycles. The minimum Gasteiger partial charge on any atom is -0.349 e. The summed E-state index contributed by atoms with van der Waals surface area (Å²) in [4.78, 5) is 17.2. The van der Waals surface area contributed by atoms with Crippen LogP contribution in [0.2, 0.25) is 0 Å². The fraction of sp³-hybridized carbons (Fsp3) is 0.385. The Morgan fingerprint density at radius 2 is 1.77 bits per heavy atom. The molecular formula is C26H29FN2O. The molecule has 156 valence electrons. The van der Waals surface area contributed by atoms with Crippen molar-refractivity contribution in [3.05, 3.63) is 77.7 Å². The maximum atomic E-state index is 13.8. The molecule has 30 heavy (non-hydrogen) atoms. The number of hydrogen-bond donors (Lipinski definition) is 1. The van der Waals surface area contributed by atoms with E-state index in [1.807, 2.05) is 49.5 Å². The summed E-state index contributed by atoms with van der Waals surface area (Å²) >= 11 is 0. The highest BCUT2D eigenvalue weighted by Crippen LogP contribution is 2.40. The molecule has 2 unspecified atom stereocenters. The van der Waals surface area contributed by atoms with E-state index in [1.54, 1.807) is 12.1 Å². The zero-order chi connectivity index (χ0) is 21.1. The van der Waals surface area contributed by atoms with Crippen LogP contribution in [0.3, 0.4) is 0 Å². The Hall–Kier alpha value is -2.75. The molecule has 0 aliphatic heterocycles. The average molecular weight is 405 g/mol. The molecule has 1 aromatic heterocycles. The second-order valence-corrected chi connectivity index (χ2v) is 8.60. The number of fused-ring (bicyclic) bond motifs is 1. The molecule has 0 radical (unpaired) electrons. The number of nitrogens with one attached hydrogen (secondary N) is 1. The van der Waals surface area contributed by atoms with Gasteiger partial charge in [0, 0.05) is 17.5 Å². The number of aromatic nitrogens is 1. The van der Waals surface area contributed by atoms with Gasteiger partial charge in [-0.05, 0) is 79.8 Å². The van der Waals surface area contributed by atoms with Crippen molar-refractivity contribution in [1.29, 1.82) is 0 Å². The third-order valence-electron chi connectivity index (χ3n) is 6.73. The van der Waals surface area contributed by atoms with Crippen LogP contribution in [0, 0.1) is 17.7 Å². The van der Waals surface area contributed by atoms with Crippen molar-refractivity contribution in [2.75, 3.05) is 0 Å². The van der Waals surface area contributed by atoms with E-state index in [4.69, 9.17) is 0 Å². The molecule has 1 amide bonds. The lowest BCUT2D eigenvalue weighted by Gasteiger charge is -2.33. The van der Waals surface area contributed by atoms with Crippen molar-refractivity contribution in [1.82, 2.24) is 10.3 Å². The number of pyridine rings is 1. The summed E-state index contributed by atoms with van der Waals surface area (Å²) in [5.41, 5.74) is 3.16. The van der Waals surface area contributed by atoms with Gasteiger partial charge in [-0.25, -0.2) is 4.39 Å². The van der Waals surface area contributed by atoms with Gasteiger partial charge in [0.1, 0.15) is 5.82 Å². The SMILES string of the molecule is CC(NC(=O)C(C)C1CCC(c2ccnc3ccc(F)cc23)CC1)c1ccccc1. The van der Waals surface area contributed by atoms with Crippen molar-refractivity contribution in [2.24, 2.45) is 11.8 Å². The Bertz CT molecular complexity index is 1010. The van der Waals surface area contributed by atoms with E-state index in [2.05, 4.69) is 17.2 Å². The van der Waals surface area contributed by atoms with E-state index in [0.717, 1.165) is 42.1 Å². The average Bonchev–Trinajstić information content (AvgIpc) is 2.78. The second kappa shape index (κ2) is 8.95. The highest BCUT2D eigenvalue weighted by Gasteiger charge is 2.30. The lowest BCUT2D eigenvalue weighted by molar-refractivity contribution is -0.127. The molecule has 4 heteroatoms. The van der Waals surface area contributed by atoms with Gasteiger partial charge in [-0.2, -0.15) is 0 Å². The maximum Gasteiger partial charge on any atom is 0.223 e. The van der Waals surface area contributed by atoms with Gasteiger partial charge in [-0.3, -0.25) is 9.78 Å². The highest BCUT2D eigenvalue weighted by atomic mass is 19.1. The monoisotopic (exact) mass is 404 g/mol. The first-order chi connectivity index (χ1) is 14.5. The molecule has 2 aromatic carbocycles. The zero-order valence-corrected chi connectivity index (χ0v) is 17.6. The number of benzene rings is 2. The fourth-order valence-electron chi connectivity index (χ4n) is 4.81. The Morgan fingerprint density at radius 3 is 2.50 bits per heavy atom. The fourth-order valence-corrected chi connectivity index (χ4v) is 4.81. The Balaban J connectivity index is 1.38. The molecule has 1 saturated carbocycles. The van der Waals surface area contributed by atoms with E-state index >= 15 is 0 Å². The second-order valence-electron chi connectivity index (χ2n) is 8.60. The normalized spacial score (nSPS) is 21.2. The molecule has 1 N–H and O–H groups in total. The first kappa shape index (κ1) is 20.5. The van der Waals surface area contributed by atoms with Crippen LogP contribution in [-0.2, 0) is 4.79 Å². The molecule has 3 nitrogen and oxygen atoms in total. The number of hydrogen-bond acceptors (Lipinski definition) is 2. The summed E-state index contributed by atoms with van der Waals surface area (Å²) in [6.07, 6.45) is 5.89. The third-order valence-corrected chi connectivity index (χ3v) is 6.73.